The first-order valence-electron chi connectivity index (χ1n) is 6.87. The summed E-state index contributed by atoms with van der Waals surface area (Å²) in [5.74, 6) is 0.967. The molecule has 0 fully saturated rings. The van der Waals surface area contributed by atoms with Crippen LogP contribution in [0.25, 0.3) is 0 Å². The lowest BCUT2D eigenvalue weighted by Gasteiger charge is -2.18. The first-order valence-corrected chi connectivity index (χ1v) is 7.63. The minimum absolute atomic E-state index is 0.128. The molecule has 2 aromatic rings. The number of hydrogen-bond acceptors (Lipinski definition) is 3. The van der Waals surface area contributed by atoms with Crippen molar-refractivity contribution < 1.29 is 14.3 Å². The summed E-state index contributed by atoms with van der Waals surface area (Å²) in [5, 5.41) is 0.959. The van der Waals surface area contributed by atoms with Crippen molar-refractivity contribution in [1.82, 2.24) is 4.90 Å². The van der Waals surface area contributed by atoms with Gasteiger partial charge in [-0.3, -0.25) is 4.79 Å². The maximum absolute atomic E-state index is 12.5. The molecule has 0 unspecified atom stereocenters. The molecule has 6 heteroatoms. The highest BCUT2D eigenvalue weighted by atomic mass is 35.5. The SMILES string of the molecule is COc1ccc(C(=O)N(C)Cc2ccc(Cl)c(Cl)c2)cc1OC. The van der Waals surface area contributed by atoms with Gasteiger partial charge in [0.1, 0.15) is 0 Å². The summed E-state index contributed by atoms with van der Waals surface area (Å²) in [4.78, 5) is 14.1. The maximum Gasteiger partial charge on any atom is 0.254 e. The molecular weight excluding hydrogens is 337 g/mol. The predicted octanol–water partition coefficient (Wildman–Crippen LogP) is 4.28. The summed E-state index contributed by atoms with van der Waals surface area (Å²) in [6.07, 6.45) is 0. The third-order valence-corrected chi connectivity index (χ3v) is 4.12. The van der Waals surface area contributed by atoms with Gasteiger partial charge in [0.05, 0.1) is 24.3 Å². The zero-order valence-corrected chi connectivity index (χ0v) is 14.6. The molecule has 122 valence electrons. The summed E-state index contributed by atoms with van der Waals surface area (Å²) in [7, 11) is 4.81. The Kier molecular flexibility index (Phi) is 5.74. The van der Waals surface area contributed by atoms with E-state index < -0.39 is 0 Å². The van der Waals surface area contributed by atoms with Crippen molar-refractivity contribution in [3.8, 4) is 11.5 Å². The van der Waals surface area contributed by atoms with Crippen LogP contribution >= 0.6 is 23.2 Å². The maximum atomic E-state index is 12.5. The number of carbonyl (C=O) groups is 1. The molecule has 2 aromatic carbocycles. The van der Waals surface area contributed by atoms with Gasteiger partial charge >= 0.3 is 0 Å². The first kappa shape index (κ1) is 17.4. The number of methoxy groups -OCH3 is 2. The number of hydrogen-bond donors (Lipinski definition) is 0. The van der Waals surface area contributed by atoms with Crippen molar-refractivity contribution in [2.24, 2.45) is 0 Å². The van der Waals surface area contributed by atoms with Crippen LogP contribution in [0.3, 0.4) is 0 Å². The molecule has 0 bridgehead atoms. The second kappa shape index (κ2) is 7.57. The summed E-state index contributed by atoms with van der Waals surface area (Å²) in [5.41, 5.74) is 1.42. The predicted molar refractivity (Wildman–Crippen MR) is 91.8 cm³/mol. The van der Waals surface area contributed by atoms with Crippen LogP contribution in [-0.2, 0) is 6.54 Å². The molecule has 1 amide bonds. The van der Waals surface area contributed by atoms with E-state index in [9.17, 15) is 4.79 Å². The third kappa shape index (κ3) is 4.09. The highest BCUT2D eigenvalue weighted by Crippen LogP contribution is 2.28. The van der Waals surface area contributed by atoms with Gasteiger partial charge in [0.25, 0.3) is 5.91 Å². The lowest BCUT2D eigenvalue weighted by atomic mass is 10.1. The van der Waals surface area contributed by atoms with Crippen LogP contribution in [0.5, 0.6) is 11.5 Å². The van der Waals surface area contributed by atoms with Gasteiger partial charge < -0.3 is 14.4 Å². The Morgan fingerprint density at radius 1 is 1.00 bits per heavy atom. The van der Waals surface area contributed by atoms with E-state index in [-0.39, 0.29) is 5.91 Å². The number of benzene rings is 2. The molecular formula is C17H17Cl2NO3. The molecule has 0 aliphatic rings. The van der Waals surface area contributed by atoms with E-state index >= 15 is 0 Å². The Balaban J connectivity index is 2.17. The summed E-state index contributed by atoms with van der Waals surface area (Å²) in [6, 6.07) is 10.4. The van der Waals surface area contributed by atoms with Gasteiger partial charge in [-0.25, -0.2) is 0 Å². The molecule has 0 saturated heterocycles. The van der Waals surface area contributed by atoms with Crippen molar-refractivity contribution in [2.45, 2.75) is 6.54 Å². The van der Waals surface area contributed by atoms with Crippen molar-refractivity contribution in [3.05, 3.63) is 57.6 Å². The number of ether oxygens (including phenoxy) is 2. The molecule has 0 saturated carbocycles. The van der Waals surface area contributed by atoms with E-state index in [2.05, 4.69) is 0 Å². The van der Waals surface area contributed by atoms with Crippen LogP contribution in [0.1, 0.15) is 15.9 Å². The molecule has 0 radical (unpaired) electrons. The quantitative estimate of drug-likeness (QED) is 0.804. The topological polar surface area (TPSA) is 38.8 Å². The van der Waals surface area contributed by atoms with Crippen LogP contribution in [0.15, 0.2) is 36.4 Å². The van der Waals surface area contributed by atoms with Crippen LogP contribution < -0.4 is 9.47 Å². The van der Waals surface area contributed by atoms with Gasteiger partial charge in [-0.05, 0) is 35.9 Å². The first-order chi connectivity index (χ1) is 11.0. The average Bonchev–Trinajstić information content (AvgIpc) is 2.56. The molecule has 0 aromatic heterocycles. The minimum Gasteiger partial charge on any atom is -0.493 e. The van der Waals surface area contributed by atoms with Crippen LogP contribution in [0.2, 0.25) is 10.0 Å². The molecule has 0 aliphatic carbocycles. The number of carbonyl (C=O) groups excluding carboxylic acids is 1. The van der Waals surface area contributed by atoms with Gasteiger partial charge in [0.2, 0.25) is 0 Å². The Bertz CT molecular complexity index is 719. The Hall–Kier alpha value is -1.91. The van der Waals surface area contributed by atoms with Crippen molar-refractivity contribution in [3.63, 3.8) is 0 Å². The summed E-state index contributed by atoms with van der Waals surface area (Å²) in [6.45, 7) is 0.421. The van der Waals surface area contributed by atoms with Crippen molar-refractivity contribution >= 4 is 29.1 Å². The third-order valence-electron chi connectivity index (χ3n) is 3.38. The molecule has 0 N–H and O–H groups in total. The fourth-order valence-electron chi connectivity index (χ4n) is 2.17. The fourth-order valence-corrected chi connectivity index (χ4v) is 2.49. The molecule has 0 heterocycles. The van der Waals surface area contributed by atoms with Gasteiger partial charge in [-0.2, -0.15) is 0 Å². The van der Waals surface area contributed by atoms with E-state index in [0.29, 0.717) is 33.7 Å². The highest BCUT2D eigenvalue weighted by Gasteiger charge is 2.15. The second-order valence-electron chi connectivity index (χ2n) is 4.98. The van der Waals surface area contributed by atoms with Crippen LogP contribution in [-0.4, -0.2) is 32.1 Å². The van der Waals surface area contributed by atoms with E-state index in [1.165, 1.54) is 7.11 Å². The number of rotatable bonds is 5. The zero-order chi connectivity index (χ0) is 17.0. The van der Waals surface area contributed by atoms with Crippen molar-refractivity contribution in [2.75, 3.05) is 21.3 Å². The van der Waals surface area contributed by atoms with Gasteiger partial charge in [0.15, 0.2) is 11.5 Å². The summed E-state index contributed by atoms with van der Waals surface area (Å²) < 4.78 is 10.4. The van der Waals surface area contributed by atoms with Crippen LogP contribution in [0.4, 0.5) is 0 Å². The highest BCUT2D eigenvalue weighted by molar-refractivity contribution is 6.42. The van der Waals surface area contributed by atoms with E-state index in [0.717, 1.165) is 5.56 Å². The van der Waals surface area contributed by atoms with Crippen LogP contribution in [0, 0.1) is 0 Å². The van der Waals surface area contributed by atoms with Gasteiger partial charge in [-0.1, -0.05) is 29.3 Å². The van der Waals surface area contributed by atoms with Gasteiger partial charge in [-0.15, -0.1) is 0 Å². The second-order valence-corrected chi connectivity index (χ2v) is 5.79. The molecule has 0 spiro atoms. The average molecular weight is 354 g/mol. The Morgan fingerprint density at radius 2 is 1.70 bits per heavy atom. The van der Waals surface area contributed by atoms with E-state index in [1.54, 1.807) is 49.4 Å². The minimum atomic E-state index is -0.128. The smallest absolute Gasteiger partial charge is 0.254 e. The molecule has 4 nitrogen and oxygen atoms in total. The fraction of sp³-hybridized carbons (Fsp3) is 0.235. The number of halogens is 2. The number of amides is 1. The van der Waals surface area contributed by atoms with Gasteiger partial charge in [0, 0.05) is 19.2 Å². The lowest BCUT2D eigenvalue weighted by Crippen LogP contribution is -2.26. The molecule has 23 heavy (non-hydrogen) atoms. The summed E-state index contributed by atoms with van der Waals surface area (Å²) >= 11 is 11.9. The standard InChI is InChI=1S/C17H17Cl2NO3/c1-20(10-11-4-6-13(18)14(19)8-11)17(21)12-5-7-15(22-2)16(9-12)23-3/h4-9H,10H2,1-3H3. The van der Waals surface area contributed by atoms with E-state index in [4.69, 9.17) is 32.7 Å². The van der Waals surface area contributed by atoms with E-state index in [1.807, 2.05) is 6.07 Å². The molecule has 2 rings (SSSR count). The largest absolute Gasteiger partial charge is 0.493 e. The normalized spacial score (nSPS) is 10.3. The Morgan fingerprint density at radius 3 is 2.30 bits per heavy atom. The lowest BCUT2D eigenvalue weighted by molar-refractivity contribution is 0.0784. The molecule has 0 atom stereocenters. The molecule has 0 aliphatic heterocycles. The monoisotopic (exact) mass is 353 g/mol. The Labute approximate surface area is 145 Å². The van der Waals surface area contributed by atoms with Crippen molar-refractivity contribution in [1.29, 1.82) is 0 Å². The zero-order valence-electron chi connectivity index (χ0n) is 13.1. The number of nitrogens with zero attached hydrogens (tertiary/aromatic N) is 1.